The van der Waals surface area contributed by atoms with Gasteiger partial charge in [-0.05, 0) is 22.9 Å². The Bertz CT molecular complexity index is 898. The molecular formula is C15H21BrN6O3S. The van der Waals surface area contributed by atoms with Crippen LogP contribution < -0.4 is 0 Å². The Balaban J connectivity index is 1.56. The number of hydrogen-bond acceptors (Lipinski definition) is 5. The fourth-order valence-corrected chi connectivity index (χ4v) is 4.81. The van der Waals surface area contributed by atoms with Gasteiger partial charge < -0.3 is 4.90 Å². The zero-order valence-electron chi connectivity index (χ0n) is 14.7. The lowest BCUT2D eigenvalue weighted by Crippen LogP contribution is -2.50. The number of carbonyl (C=O) groups excluding carboxylic acids is 1. The minimum absolute atomic E-state index is 0.00577. The van der Waals surface area contributed by atoms with Gasteiger partial charge in [0.1, 0.15) is 4.90 Å². The van der Waals surface area contributed by atoms with Gasteiger partial charge in [-0.25, -0.2) is 8.42 Å². The molecule has 1 aliphatic heterocycles. The Morgan fingerprint density at radius 3 is 2.42 bits per heavy atom. The Morgan fingerprint density at radius 1 is 1.19 bits per heavy atom. The SMILES string of the molecule is Cc1c(S(=O)(=O)N2CCN(C(=O)CCn3cc(Br)cn3)CC2)cnn1C. The number of aryl methyl sites for hydroxylation is 2. The minimum Gasteiger partial charge on any atom is -0.340 e. The van der Waals surface area contributed by atoms with Crippen molar-refractivity contribution in [3.63, 3.8) is 0 Å². The molecule has 0 N–H and O–H groups in total. The molecule has 1 amide bonds. The molecule has 1 saturated heterocycles. The first-order valence-electron chi connectivity index (χ1n) is 8.23. The van der Waals surface area contributed by atoms with Gasteiger partial charge in [0.25, 0.3) is 0 Å². The van der Waals surface area contributed by atoms with Gasteiger partial charge in [-0.15, -0.1) is 0 Å². The van der Waals surface area contributed by atoms with Crippen LogP contribution in [0.15, 0.2) is 28.0 Å². The van der Waals surface area contributed by atoms with Crippen LogP contribution in [0.4, 0.5) is 0 Å². The average molecular weight is 445 g/mol. The molecule has 3 rings (SSSR count). The lowest BCUT2D eigenvalue weighted by molar-refractivity contribution is -0.132. The first-order valence-corrected chi connectivity index (χ1v) is 10.5. The van der Waals surface area contributed by atoms with Crippen LogP contribution in [0.3, 0.4) is 0 Å². The van der Waals surface area contributed by atoms with Gasteiger partial charge in [-0.2, -0.15) is 14.5 Å². The Labute approximate surface area is 160 Å². The van der Waals surface area contributed by atoms with Crippen molar-refractivity contribution < 1.29 is 13.2 Å². The average Bonchev–Trinajstić information content (AvgIpc) is 3.19. The fourth-order valence-electron chi connectivity index (χ4n) is 2.88. The Hall–Kier alpha value is -1.72. The highest BCUT2D eigenvalue weighted by atomic mass is 79.9. The van der Waals surface area contributed by atoms with E-state index in [1.165, 1.54) is 10.5 Å². The van der Waals surface area contributed by atoms with E-state index in [-0.39, 0.29) is 23.9 Å². The standard InChI is InChI=1S/C15H21BrN6O3S/c1-12-14(10-17-19(12)2)26(24,25)22-7-5-20(6-8-22)15(23)3-4-21-11-13(16)9-18-21/h9-11H,3-8H2,1-2H3. The van der Waals surface area contributed by atoms with Crippen molar-refractivity contribution in [1.82, 2.24) is 28.8 Å². The van der Waals surface area contributed by atoms with Crippen LogP contribution in [0.5, 0.6) is 0 Å². The highest BCUT2D eigenvalue weighted by Crippen LogP contribution is 2.20. The van der Waals surface area contributed by atoms with Crippen LogP contribution in [0.1, 0.15) is 12.1 Å². The molecule has 11 heteroatoms. The highest BCUT2D eigenvalue weighted by Gasteiger charge is 2.32. The number of rotatable bonds is 5. The van der Waals surface area contributed by atoms with E-state index in [0.717, 1.165) is 4.47 Å². The van der Waals surface area contributed by atoms with E-state index in [0.29, 0.717) is 31.7 Å². The molecule has 142 valence electrons. The molecule has 1 fully saturated rings. The molecule has 0 saturated carbocycles. The van der Waals surface area contributed by atoms with E-state index >= 15 is 0 Å². The predicted octanol–water partition coefficient (Wildman–Crippen LogP) is 0.611. The van der Waals surface area contributed by atoms with E-state index < -0.39 is 10.0 Å². The number of halogens is 1. The van der Waals surface area contributed by atoms with Crippen molar-refractivity contribution in [3.8, 4) is 0 Å². The second kappa shape index (κ2) is 7.49. The highest BCUT2D eigenvalue weighted by molar-refractivity contribution is 9.10. The summed E-state index contributed by atoms with van der Waals surface area (Å²) >= 11 is 3.32. The monoisotopic (exact) mass is 444 g/mol. The normalized spacial score (nSPS) is 16.2. The van der Waals surface area contributed by atoms with Crippen LogP contribution in [0.2, 0.25) is 0 Å². The summed E-state index contributed by atoms with van der Waals surface area (Å²) in [5, 5.41) is 8.13. The number of hydrogen-bond donors (Lipinski definition) is 0. The molecule has 2 aromatic heterocycles. The molecule has 1 aliphatic rings. The molecule has 0 aromatic carbocycles. The van der Waals surface area contributed by atoms with E-state index in [1.54, 1.807) is 34.4 Å². The molecule has 0 aliphatic carbocycles. The maximum absolute atomic E-state index is 12.8. The van der Waals surface area contributed by atoms with Crippen LogP contribution in [0.25, 0.3) is 0 Å². The van der Waals surface area contributed by atoms with E-state index in [9.17, 15) is 13.2 Å². The van der Waals surface area contributed by atoms with Crippen LogP contribution >= 0.6 is 15.9 Å². The van der Waals surface area contributed by atoms with Gasteiger partial charge in [0.05, 0.1) is 22.6 Å². The largest absolute Gasteiger partial charge is 0.340 e. The molecule has 0 radical (unpaired) electrons. The quantitative estimate of drug-likeness (QED) is 0.673. The van der Waals surface area contributed by atoms with E-state index in [4.69, 9.17) is 0 Å². The number of amides is 1. The van der Waals surface area contributed by atoms with Crippen LogP contribution in [-0.4, -0.2) is 69.3 Å². The molecular weight excluding hydrogens is 424 g/mol. The molecule has 26 heavy (non-hydrogen) atoms. The summed E-state index contributed by atoms with van der Waals surface area (Å²) in [6.45, 7) is 3.58. The summed E-state index contributed by atoms with van der Waals surface area (Å²) in [5.74, 6) is 0.00577. The second-order valence-corrected chi connectivity index (χ2v) is 9.00. The van der Waals surface area contributed by atoms with E-state index in [1.807, 2.05) is 6.20 Å². The predicted molar refractivity (Wildman–Crippen MR) is 97.8 cm³/mol. The van der Waals surface area contributed by atoms with Crippen LogP contribution in [-0.2, 0) is 28.4 Å². The molecule has 0 bridgehead atoms. The number of nitrogens with zero attached hydrogens (tertiary/aromatic N) is 6. The molecule has 3 heterocycles. The summed E-state index contributed by atoms with van der Waals surface area (Å²) in [5.41, 5.74) is 0.605. The topological polar surface area (TPSA) is 93.3 Å². The molecule has 0 atom stereocenters. The minimum atomic E-state index is -3.58. The summed E-state index contributed by atoms with van der Waals surface area (Å²) < 4.78 is 31.1. The van der Waals surface area contributed by atoms with Crippen molar-refractivity contribution in [2.45, 2.75) is 24.8 Å². The van der Waals surface area contributed by atoms with Crippen molar-refractivity contribution in [1.29, 1.82) is 0 Å². The lowest BCUT2D eigenvalue weighted by atomic mass is 10.3. The number of piperazine rings is 1. The first-order chi connectivity index (χ1) is 12.3. The molecule has 2 aromatic rings. The number of aromatic nitrogens is 4. The zero-order chi connectivity index (χ0) is 18.9. The van der Waals surface area contributed by atoms with Gasteiger partial charge in [0, 0.05) is 52.4 Å². The van der Waals surface area contributed by atoms with Gasteiger partial charge in [0.15, 0.2) is 0 Å². The van der Waals surface area contributed by atoms with Gasteiger partial charge in [-0.1, -0.05) is 0 Å². The summed E-state index contributed by atoms with van der Waals surface area (Å²) in [6.07, 6.45) is 5.20. The van der Waals surface area contributed by atoms with Crippen molar-refractivity contribution >= 4 is 31.9 Å². The third-order valence-electron chi connectivity index (χ3n) is 4.56. The molecule has 9 nitrogen and oxygen atoms in total. The number of sulfonamides is 1. The van der Waals surface area contributed by atoms with Crippen molar-refractivity contribution in [2.24, 2.45) is 7.05 Å². The summed E-state index contributed by atoms with van der Waals surface area (Å²) in [6, 6.07) is 0. The third-order valence-corrected chi connectivity index (χ3v) is 6.97. The first kappa shape index (κ1) is 19.1. The lowest BCUT2D eigenvalue weighted by Gasteiger charge is -2.34. The van der Waals surface area contributed by atoms with Gasteiger partial charge >= 0.3 is 0 Å². The third kappa shape index (κ3) is 3.84. The molecule has 0 unspecified atom stereocenters. The molecule has 0 spiro atoms. The zero-order valence-corrected chi connectivity index (χ0v) is 17.1. The Morgan fingerprint density at radius 2 is 1.88 bits per heavy atom. The van der Waals surface area contributed by atoms with Gasteiger partial charge in [0.2, 0.25) is 15.9 Å². The fraction of sp³-hybridized carbons (Fsp3) is 0.533. The smallest absolute Gasteiger partial charge is 0.246 e. The van der Waals surface area contributed by atoms with Crippen LogP contribution in [0, 0.1) is 6.92 Å². The number of carbonyl (C=O) groups is 1. The maximum atomic E-state index is 12.8. The summed E-state index contributed by atoms with van der Waals surface area (Å²) in [4.78, 5) is 14.3. The summed E-state index contributed by atoms with van der Waals surface area (Å²) in [7, 11) is -1.87. The van der Waals surface area contributed by atoms with Gasteiger partial charge in [-0.3, -0.25) is 14.2 Å². The van der Waals surface area contributed by atoms with Crippen molar-refractivity contribution in [2.75, 3.05) is 26.2 Å². The van der Waals surface area contributed by atoms with Crippen molar-refractivity contribution in [3.05, 3.63) is 28.8 Å². The second-order valence-electron chi connectivity index (χ2n) is 6.17. The Kier molecular flexibility index (Phi) is 5.49. The van der Waals surface area contributed by atoms with E-state index in [2.05, 4.69) is 26.1 Å². The maximum Gasteiger partial charge on any atom is 0.246 e.